The molecular weight excluding hydrogens is 278 g/mol. The van der Waals surface area contributed by atoms with E-state index in [1.54, 1.807) is 0 Å². The normalized spacial score (nSPS) is 19.0. The van der Waals surface area contributed by atoms with Crippen molar-refractivity contribution < 1.29 is 9.47 Å². The van der Waals surface area contributed by atoms with E-state index in [1.807, 2.05) is 12.1 Å². The van der Waals surface area contributed by atoms with Gasteiger partial charge in [-0.15, -0.1) is 0 Å². The van der Waals surface area contributed by atoms with Crippen molar-refractivity contribution in [3.63, 3.8) is 0 Å². The molecule has 118 valence electrons. The Morgan fingerprint density at radius 3 is 2.64 bits per heavy atom. The van der Waals surface area contributed by atoms with Crippen molar-refractivity contribution in [2.45, 2.75) is 44.7 Å². The quantitative estimate of drug-likeness (QED) is 0.946. The minimum Gasteiger partial charge on any atom is -0.486 e. The van der Waals surface area contributed by atoms with E-state index in [0.717, 1.165) is 34.9 Å². The molecule has 0 radical (unpaired) electrons. The Balaban J connectivity index is 1.54. The maximum atomic E-state index is 5.63. The van der Waals surface area contributed by atoms with Crippen molar-refractivity contribution in [1.29, 1.82) is 0 Å². The Labute approximate surface area is 130 Å². The molecule has 5 heteroatoms. The summed E-state index contributed by atoms with van der Waals surface area (Å²) in [5.74, 6) is 2.64. The summed E-state index contributed by atoms with van der Waals surface area (Å²) in [6.07, 6.45) is 6.73. The Kier molecular flexibility index (Phi) is 3.66. The van der Waals surface area contributed by atoms with Gasteiger partial charge in [-0.25, -0.2) is 4.98 Å². The van der Waals surface area contributed by atoms with Gasteiger partial charge in [-0.1, -0.05) is 19.3 Å². The highest BCUT2D eigenvalue weighted by atomic mass is 16.6. The average Bonchev–Trinajstić information content (AvgIpc) is 2.94. The Morgan fingerprint density at radius 1 is 1.14 bits per heavy atom. The van der Waals surface area contributed by atoms with Gasteiger partial charge in [-0.3, -0.25) is 4.90 Å². The summed E-state index contributed by atoms with van der Waals surface area (Å²) in [4.78, 5) is 10.6. The second-order valence-electron chi connectivity index (χ2n) is 6.40. The highest BCUT2D eigenvalue weighted by molar-refractivity contribution is 5.79. The Hall–Kier alpha value is -1.75. The molecule has 1 saturated carbocycles. The van der Waals surface area contributed by atoms with E-state index in [2.05, 4.69) is 16.9 Å². The summed E-state index contributed by atoms with van der Waals surface area (Å²) in [5.41, 5.74) is 1.98. The number of imidazole rings is 1. The summed E-state index contributed by atoms with van der Waals surface area (Å²) >= 11 is 0. The molecule has 1 aliphatic heterocycles. The lowest BCUT2D eigenvalue weighted by Crippen LogP contribution is -2.33. The molecule has 0 atom stereocenters. The summed E-state index contributed by atoms with van der Waals surface area (Å²) in [5, 5.41) is 0. The summed E-state index contributed by atoms with van der Waals surface area (Å²) < 4.78 is 11.3. The van der Waals surface area contributed by atoms with Crippen molar-refractivity contribution in [3.8, 4) is 11.5 Å². The number of nitrogens with zero attached hydrogens (tertiary/aromatic N) is 2. The maximum absolute atomic E-state index is 5.63. The number of nitrogens with one attached hydrogen (secondary N) is 1. The molecule has 22 heavy (non-hydrogen) atoms. The second kappa shape index (κ2) is 5.80. The molecule has 1 aromatic heterocycles. The monoisotopic (exact) mass is 301 g/mol. The van der Waals surface area contributed by atoms with Gasteiger partial charge in [-0.2, -0.15) is 0 Å². The van der Waals surface area contributed by atoms with Crippen LogP contribution < -0.4 is 9.47 Å². The molecule has 2 heterocycles. The fourth-order valence-corrected chi connectivity index (χ4v) is 3.56. The minimum absolute atomic E-state index is 0.611. The van der Waals surface area contributed by atoms with Crippen LogP contribution in [0.2, 0.25) is 0 Å². The van der Waals surface area contributed by atoms with Crippen LogP contribution in [0.1, 0.15) is 37.9 Å². The third-order valence-corrected chi connectivity index (χ3v) is 4.79. The van der Waals surface area contributed by atoms with Gasteiger partial charge in [0.25, 0.3) is 0 Å². The molecule has 5 nitrogen and oxygen atoms in total. The molecule has 0 spiro atoms. The zero-order chi connectivity index (χ0) is 14.9. The van der Waals surface area contributed by atoms with Gasteiger partial charge in [0, 0.05) is 18.2 Å². The lowest BCUT2D eigenvalue weighted by Gasteiger charge is -2.30. The lowest BCUT2D eigenvalue weighted by atomic mass is 9.94. The molecular formula is C17H23N3O2. The van der Waals surface area contributed by atoms with Crippen LogP contribution in [0.4, 0.5) is 0 Å². The summed E-state index contributed by atoms with van der Waals surface area (Å²) in [6.45, 7) is 2.09. The van der Waals surface area contributed by atoms with E-state index in [-0.39, 0.29) is 0 Å². The number of aromatic amines is 1. The number of aromatic nitrogens is 2. The highest BCUT2D eigenvalue weighted by Gasteiger charge is 2.20. The van der Waals surface area contributed by atoms with Gasteiger partial charge >= 0.3 is 0 Å². The molecule has 1 N–H and O–H groups in total. The van der Waals surface area contributed by atoms with Gasteiger partial charge in [0.2, 0.25) is 0 Å². The number of rotatable bonds is 3. The third kappa shape index (κ3) is 2.65. The average molecular weight is 301 g/mol. The van der Waals surface area contributed by atoms with Crippen LogP contribution in [0.15, 0.2) is 12.1 Å². The molecule has 1 aromatic carbocycles. The zero-order valence-corrected chi connectivity index (χ0v) is 13.1. The standard InChI is InChI=1S/C17H23N3O2/c1-20(12-5-3-2-4-6-12)11-17-18-13-9-15-16(10-14(13)19-17)22-8-7-21-15/h9-10,12H,2-8,11H2,1H3,(H,18,19). The van der Waals surface area contributed by atoms with E-state index in [4.69, 9.17) is 14.5 Å². The first kappa shape index (κ1) is 13.9. The van der Waals surface area contributed by atoms with E-state index < -0.39 is 0 Å². The highest BCUT2D eigenvalue weighted by Crippen LogP contribution is 2.33. The largest absolute Gasteiger partial charge is 0.486 e. The number of ether oxygens (including phenoxy) is 2. The number of hydrogen-bond acceptors (Lipinski definition) is 4. The topological polar surface area (TPSA) is 50.4 Å². The van der Waals surface area contributed by atoms with E-state index in [0.29, 0.717) is 19.3 Å². The van der Waals surface area contributed by atoms with Crippen LogP contribution in [-0.2, 0) is 6.54 Å². The Bertz CT molecular complexity index is 618. The fraction of sp³-hybridized carbons (Fsp3) is 0.588. The van der Waals surface area contributed by atoms with Crippen LogP contribution in [-0.4, -0.2) is 41.2 Å². The summed E-state index contributed by atoms with van der Waals surface area (Å²) in [7, 11) is 2.21. The predicted molar refractivity (Wildman–Crippen MR) is 85.4 cm³/mol. The van der Waals surface area contributed by atoms with Gasteiger partial charge < -0.3 is 14.5 Å². The Morgan fingerprint density at radius 2 is 1.86 bits per heavy atom. The molecule has 0 saturated heterocycles. The SMILES string of the molecule is CN(Cc1nc2cc3c(cc2[nH]1)OCCO3)C1CCCCC1. The molecule has 0 bridgehead atoms. The minimum atomic E-state index is 0.611. The number of benzene rings is 1. The van der Waals surface area contributed by atoms with E-state index in [9.17, 15) is 0 Å². The van der Waals surface area contributed by atoms with Crippen LogP contribution >= 0.6 is 0 Å². The van der Waals surface area contributed by atoms with Crippen LogP contribution in [0, 0.1) is 0 Å². The number of fused-ring (bicyclic) bond motifs is 2. The predicted octanol–water partition coefficient (Wildman–Crippen LogP) is 3.10. The zero-order valence-electron chi connectivity index (χ0n) is 13.1. The van der Waals surface area contributed by atoms with Gasteiger partial charge in [-0.05, 0) is 19.9 Å². The molecule has 4 rings (SSSR count). The first-order chi connectivity index (χ1) is 10.8. The first-order valence-electron chi connectivity index (χ1n) is 8.28. The van der Waals surface area contributed by atoms with Crippen molar-refractivity contribution in [2.75, 3.05) is 20.3 Å². The van der Waals surface area contributed by atoms with Crippen LogP contribution in [0.3, 0.4) is 0 Å². The van der Waals surface area contributed by atoms with Crippen molar-refractivity contribution in [3.05, 3.63) is 18.0 Å². The van der Waals surface area contributed by atoms with Gasteiger partial charge in [0.1, 0.15) is 19.0 Å². The lowest BCUT2D eigenvalue weighted by molar-refractivity contribution is 0.172. The third-order valence-electron chi connectivity index (χ3n) is 4.79. The van der Waals surface area contributed by atoms with Crippen LogP contribution in [0.5, 0.6) is 11.5 Å². The van der Waals surface area contributed by atoms with Crippen molar-refractivity contribution >= 4 is 11.0 Å². The smallest absolute Gasteiger partial charge is 0.163 e. The van der Waals surface area contributed by atoms with E-state index >= 15 is 0 Å². The van der Waals surface area contributed by atoms with Gasteiger partial charge in [0.15, 0.2) is 11.5 Å². The number of H-pyrrole nitrogens is 1. The van der Waals surface area contributed by atoms with Crippen LogP contribution in [0.25, 0.3) is 11.0 Å². The molecule has 0 amide bonds. The van der Waals surface area contributed by atoms with Gasteiger partial charge in [0.05, 0.1) is 17.6 Å². The molecule has 1 fully saturated rings. The second-order valence-corrected chi connectivity index (χ2v) is 6.40. The van der Waals surface area contributed by atoms with Crippen molar-refractivity contribution in [1.82, 2.24) is 14.9 Å². The molecule has 0 unspecified atom stereocenters. The number of hydrogen-bond donors (Lipinski definition) is 1. The first-order valence-corrected chi connectivity index (χ1v) is 8.28. The maximum Gasteiger partial charge on any atom is 0.163 e. The molecule has 2 aliphatic rings. The summed E-state index contributed by atoms with van der Waals surface area (Å²) in [6, 6.07) is 4.67. The van der Waals surface area contributed by atoms with Crippen molar-refractivity contribution in [2.24, 2.45) is 0 Å². The fourth-order valence-electron chi connectivity index (χ4n) is 3.56. The van der Waals surface area contributed by atoms with E-state index in [1.165, 1.54) is 32.1 Å². The molecule has 2 aromatic rings. The molecule has 1 aliphatic carbocycles.